The lowest BCUT2D eigenvalue weighted by Gasteiger charge is -2.22. The van der Waals surface area contributed by atoms with Crippen LogP contribution in [0.15, 0.2) is 41.5 Å². The SMILES string of the molecule is CCO[C@H]1CN(c2ccccn2)C[C@H]1Nc1c(C)nc(-c2cnc(N(C)C)cc2C)n(C)c1=O. The van der Waals surface area contributed by atoms with E-state index in [1.165, 1.54) is 0 Å². The molecule has 0 bridgehead atoms. The van der Waals surface area contributed by atoms with E-state index in [-0.39, 0.29) is 17.7 Å². The molecule has 1 saturated heterocycles. The van der Waals surface area contributed by atoms with Gasteiger partial charge in [-0.25, -0.2) is 15.0 Å². The Morgan fingerprint density at radius 3 is 2.65 bits per heavy atom. The molecule has 4 heterocycles. The van der Waals surface area contributed by atoms with E-state index >= 15 is 0 Å². The first-order valence-corrected chi connectivity index (χ1v) is 11.6. The van der Waals surface area contributed by atoms with Gasteiger partial charge in [0.1, 0.15) is 23.1 Å². The predicted molar refractivity (Wildman–Crippen MR) is 136 cm³/mol. The van der Waals surface area contributed by atoms with Gasteiger partial charge in [0.25, 0.3) is 5.56 Å². The first kappa shape index (κ1) is 23.7. The minimum atomic E-state index is -0.120. The summed E-state index contributed by atoms with van der Waals surface area (Å²) in [5.41, 5.74) is 2.89. The quantitative estimate of drug-likeness (QED) is 0.572. The van der Waals surface area contributed by atoms with Crippen molar-refractivity contribution >= 4 is 17.3 Å². The molecule has 9 heteroatoms. The molecule has 0 saturated carbocycles. The average molecular weight is 464 g/mol. The van der Waals surface area contributed by atoms with E-state index in [2.05, 4.69) is 20.2 Å². The predicted octanol–water partition coefficient (Wildman–Crippen LogP) is 2.63. The molecule has 1 aliphatic rings. The zero-order valence-corrected chi connectivity index (χ0v) is 20.7. The average Bonchev–Trinajstić information content (AvgIpc) is 3.22. The van der Waals surface area contributed by atoms with Crippen LogP contribution in [0.3, 0.4) is 0 Å². The van der Waals surface area contributed by atoms with Gasteiger partial charge in [0, 0.05) is 58.8 Å². The van der Waals surface area contributed by atoms with Gasteiger partial charge in [-0.15, -0.1) is 0 Å². The zero-order chi connectivity index (χ0) is 24.4. The van der Waals surface area contributed by atoms with E-state index < -0.39 is 0 Å². The normalized spacial score (nSPS) is 17.8. The molecule has 0 radical (unpaired) electrons. The summed E-state index contributed by atoms with van der Waals surface area (Å²) in [7, 11) is 5.66. The van der Waals surface area contributed by atoms with Crippen molar-refractivity contribution in [3.8, 4) is 11.4 Å². The molecule has 0 unspecified atom stereocenters. The number of hydrogen-bond donors (Lipinski definition) is 1. The molecule has 180 valence electrons. The summed E-state index contributed by atoms with van der Waals surface area (Å²) < 4.78 is 7.61. The van der Waals surface area contributed by atoms with Gasteiger partial charge >= 0.3 is 0 Å². The molecule has 1 aliphatic heterocycles. The van der Waals surface area contributed by atoms with Crippen molar-refractivity contribution < 1.29 is 4.74 Å². The van der Waals surface area contributed by atoms with Crippen LogP contribution in [-0.2, 0) is 11.8 Å². The Balaban J connectivity index is 1.64. The largest absolute Gasteiger partial charge is 0.374 e. The summed E-state index contributed by atoms with van der Waals surface area (Å²) in [5.74, 6) is 2.37. The molecular weight excluding hydrogens is 430 g/mol. The van der Waals surface area contributed by atoms with Crippen LogP contribution in [0.25, 0.3) is 11.4 Å². The molecule has 0 aromatic carbocycles. The highest BCUT2D eigenvalue weighted by molar-refractivity contribution is 5.64. The number of ether oxygens (including phenoxy) is 1. The molecule has 0 spiro atoms. The fourth-order valence-electron chi connectivity index (χ4n) is 4.34. The number of nitrogens with one attached hydrogen (secondary N) is 1. The van der Waals surface area contributed by atoms with E-state index in [1.54, 1.807) is 24.0 Å². The molecule has 4 rings (SSSR count). The maximum absolute atomic E-state index is 13.4. The van der Waals surface area contributed by atoms with Crippen LogP contribution in [0.1, 0.15) is 18.2 Å². The third-order valence-electron chi connectivity index (χ3n) is 6.22. The molecule has 0 amide bonds. The van der Waals surface area contributed by atoms with Crippen LogP contribution in [0.5, 0.6) is 0 Å². The van der Waals surface area contributed by atoms with Crippen molar-refractivity contribution in [2.45, 2.75) is 32.9 Å². The summed E-state index contributed by atoms with van der Waals surface area (Å²) >= 11 is 0. The fraction of sp³-hybridized carbons (Fsp3) is 0.440. The van der Waals surface area contributed by atoms with Crippen LogP contribution in [-0.4, -0.2) is 65.5 Å². The molecule has 2 atom stereocenters. The van der Waals surface area contributed by atoms with Gasteiger partial charge in [-0.1, -0.05) is 6.07 Å². The van der Waals surface area contributed by atoms with Crippen molar-refractivity contribution in [3.63, 3.8) is 0 Å². The van der Waals surface area contributed by atoms with Crippen LogP contribution >= 0.6 is 0 Å². The number of nitrogens with zero attached hydrogens (tertiary/aromatic N) is 6. The fourth-order valence-corrected chi connectivity index (χ4v) is 4.34. The Kier molecular flexibility index (Phi) is 6.83. The molecule has 0 aliphatic carbocycles. The second kappa shape index (κ2) is 9.80. The summed E-state index contributed by atoms with van der Waals surface area (Å²) in [5, 5.41) is 3.46. The Labute approximate surface area is 200 Å². The smallest absolute Gasteiger partial charge is 0.277 e. The van der Waals surface area contributed by atoms with Crippen molar-refractivity contribution in [2.24, 2.45) is 7.05 Å². The van der Waals surface area contributed by atoms with E-state index in [9.17, 15) is 4.79 Å². The van der Waals surface area contributed by atoms with Crippen LogP contribution in [0.2, 0.25) is 0 Å². The number of hydrogen-bond acceptors (Lipinski definition) is 8. The topological polar surface area (TPSA) is 88.4 Å². The standard InChI is InChI=1S/C25H33N7O2/c1-7-34-20-15-32(21-10-8-9-11-26-21)14-19(20)29-23-17(3)28-24(31(6)25(23)33)18-13-27-22(30(4)5)12-16(18)2/h8-13,19-20,29H,7,14-15H2,1-6H3/t19-,20+/m1/s1. The number of anilines is 3. The summed E-state index contributed by atoms with van der Waals surface area (Å²) in [4.78, 5) is 31.4. The van der Waals surface area contributed by atoms with E-state index in [0.717, 1.165) is 22.8 Å². The van der Waals surface area contributed by atoms with Crippen molar-refractivity contribution in [1.29, 1.82) is 0 Å². The van der Waals surface area contributed by atoms with Gasteiger partial charge in [0.2, 0.25) is 0 Å². The molecular formula is C25H33N7O2. The molecule has 9 nitrogen and oxygen atoms in total. The third-order valence-corrected chi connectivity index (χ3v) is 6.22. The minimum absolute atomic E-state index is 0.0659. The monoisotopic (exact) mass is 463 g/mol. The van der Waals surface area contributed by atoms with Crippen molar-refractivity contribution in [2.75, 3.05) is 48.9 Å². The summed E-state index contributed by atoms with van der Waals surface area (Å²) in [6.45, 7) is 7.85. The number of pyridine rings is 2. The van der Waals surface area contributed by atoms with E-state index in [0.29, 0.717) is 36.9 Å². The van der Waals surface area contributed by atoms with E-state index in [4.69, 9.17) is 9.72 Å². The lowest BCUT2D eigenvalue weighted by Crippen LogP contribution is -2.38. The van der Waals surface area contributed by atoms with Gasteiger partial charge in [-0.3, -0.25) is 9.36 Å². The summed E-state index contributed by atoms with van der Waals surface area (Å²) in [6.07, 6.45) is 3.50. The number of rotatable bonds is 7. The maximum Gasteiger partial charge on any atom is 0.277 e. The first-order chi connectivity index (χ1) is 16.3. The molecule has 3 aromatic rings. The number of aromatic nitrogens is 4. The molecule has 1 N–H and O–H groups in total. The highest BCUT2D eigenvalue weighted by Gasteiger charge is 2.35. The second-order valence-electron chi connectivity index (χ2n) is 8.85. The van der Waals surface area contributed by atoms with Crippen LogP contribution in [0, 0.1) is 13.8 Å². The highest BCUT2D eigenvalue weighted by atomic mass is 16.5. The zero-order valence-electron chi connectivity index (χ0n) is 20.7. The lowest BCUT2D eigenvalue weighted by atomic mass is 10.1. The lowest BCUT2D eigenvalue weighted by molar-refractivity contribution is 0.0720. The molecule has 1 fully saturated rings. The maximum atomic E-state index is 13.4. The van der Waals surface area contributed by atoms with Crippen LogP contribution < -0.4 is 20.7 Å². The minimum Gasteiger partial charge on any atom is -0.374 e. The Morgan fingerprint density at radius 1 is 1.21 bits per heavy atom. The third kappa shape index (κ3) is 4.61. The van der Waals surface area contributed by atoms with E-state index in [1.807, 2.05) is 64.0 Å². The first-order valence-electron chi connectivity index (χ1n) is 11.6. The Morgan fingerprint density at radius 2 is 2.00 bits per heavy atom. The van der Waals surface area contributed by atoms with Gasteiger partial charge < -0.3 is 19.9 Å². The Bertz CT molecular complexity index is 1210. The molecule has 3 aromatic heterocycles. The van der Waals surface area contributed by atoms with Crippen molar-refractivity contribution in [1.82, 2.24) is 19.5 Å². The van der Waals surface area contributed by atoms with Gasteiger partial charge in [-0.2, -0.15) is 0 Å². The van der Waals surface area contributed by atoms with Crippen LogP contribution in [0.4, 0.5) is 17.3 Å². The Hall–Kier alpha value is -3.46. The van der Waals surface area contributed by atoms with Gasteiger partial charge in [0.15, 0.2) is 0 Å². The second-order valence-corrected chi connectivity index (χ2v) is 8.85. The van der Waals surface area contributed by atoms with Crippen molar-refractivity contribution in [3.05, 3.63) is 58.3 Å². The molecule has 34 heavy (non-hydrogen) atoms. The highest BCUT2D eigenvalue weighted by Crippen LogP contribution is 2.26. The van der Waals surface area contributed by atoms with Gasteiger partial charge in [-0.05, 0) is 44.5 Å². The van der Waals surface area contributed by atoms with Gasteiger partial charge in [0.05, 0.1) is 17.8 Å². The number of aryl methyl sites for hydroxylation is 2. The summed E-state index contributed by atoms with van der Waals surface area (Å²) in [6, 6.07) is 7.80.